The monoisotopic (exact) mass is 418 g/mol. The van der Waals surface area contributed by atoms with Gasteiger partial charge in [0.05, 0.1) is 13.5 Å². The molecule has 5 heteroatoms. The average molecular weight is 419 g/mol. The van der Waals surface area contributed by atoms with Crippen molar-refractivity contribution in [2.24, 2.45) is 0 Å². The summed E-state index contributed by atoms with van der Waals surface area (Å²) in [6.07, 6.45) is 2.85. The predicted molar refractivity (Wildman–Crippen MR) is 119 cm³/mol. The van der Waals surface area contributed by atoms with Crippen LogP contribution in [-0.2, 0) is 17.6 Å². The molecule has 0 saturated carbocycles. The van der Waals surface area contributed by atoms with E-state index >= 15 is 0 Å². The molecule has 2 aromatic carbocycles. The molecule has 3 aromatic rings. The van der Waals surface area contributed by atoms with Gasteiger partial charge in [0, 0.05) is 42.4 Å². The van der Waals surface area contributed by atoms with E-state index in [2.05, 4.69) is 24.3 Å². The van der Waals surface area contributed by atoms with Crippen molar-refractivity contribution >= 4 is 5.91 Å². The molecule has 0 radical (unpaired) electrons. The summed E-state index contributed by atoms with van der Waals surface area (Å²) in [5.41, 5.74) is 4.09. The Balaban J connectivity index is 1.36. The van der Waals surface area contributed by atoms with E-state index in [0.29, 0.717) is 12.3 Å². The molecule has 4 nitrogen and oxygen atoms in total. The number of pyridine rings is 1. The topological polar surface area (TPSA) is 42.4 Å². The molecule has 0 bridgehead atoms. The number of methoxy groups -OCH3 is 1. The van der Waals surface area contributed by atoms with E-state index in [-0.39, 0.29) is 11.7 Å². The van der Waals surface area contributed by atoms with Gasteiger partial charge >= 0.3 is 0 Å². The van der Waals surface area contributed by atoms with Gasteiger partial charge in [0.2, 0.25) is 5.91 Å². The van der Waals surface area contributed by atoms with Gasteiger partial charge in [-0.3, -0.25) is 9.78 Å². The minimum atomic E-state index is -0.280. The Morgan fingerprint density at radius 1 is 1.03 bits per heavy atom. The fourth-order valence-corrected chi connectivity index (χ4v) is 4.18. The molecule has 31 heavy (non-hydrogen) atoms. The summed E-state index contributed by atoms with van der Waals surface area (Å²) in [6, 6.07) is 20.4. The third-order valence-electron chi connectivity index (χ3n) is 5.93. The van der Waals surface area contributed by atoms with Crippen molar-refractivity contribution in [1.82, 2.24) is 9.88 Å². The number of carbonyl (C=O) groups excluding carboxylic acids is 1. The van der Waals surface area contributed by atoms with Gasteiger partial charge < -0.3 is 9.64 Å². The summed E-state index contributed by atoms with van der Waals surface area (Å²) < 4.78 is 18.5. The van der Waals surface area contributed by atoms with Crippen LogP contribution in [-0.4, -0.2) is 36.0 Å². The molecular weight excluding hydrogens is 391 g/mol. The van der Waals surface area contributed by atoms with Crippen LogP contribution < -0.4 is 4.74 Å². The van der Waals surface area contributed by atoms with Crippen LogP contribution >= 0.6 is 0 Å². The Morgan fingerprint density at radius 3 is 2.52 bits per heavy atom. The largest absolute Gasteiger partial charge is 0.496 e. The summed E-state index contributed by atoms with van der Waals surface area (Å²) in [5, 5.41) is 0. The first-order chi connectivity index (χ1) is 15.1. The number of rotatable bonds is 6. The van der Waals surface area contributed by atoms with Gasteiger partial charge in [-0.25, -0.2) is 4.39 Å². The number of nitrogens with zero attached hydrogens (tertiary/aromatic N) is 2. The van der Waals surface area contributed by atoms with Crippen LogP contribution in [0.2, 0.25) is 0 Å². The maximum absolute atomic E-state index is 13.1. The third kappa shape index (κ3) is 5.29. The van der Waals surface area contributed by atoms with Crippen molar-refractivity contribution in [2.75, 3.05) is 20.2 Å². The number of benzene rings is 2. The van der Waals surface area contributed by atoms with Crippen LogP contribution in [0.25, 0.3) is 0 Å². The van der Waals surface area contributed by atoms with Crippen LogP contribution in [0, 0.1) is 5.82 Å². The Labute approximate surface area is 182 Å². The van der Waals surface area contributed by atoms with E-state index in [1.54, 1.807) is 19.2 Å². The van der Waals surface area contributed by atoms with Crippen molar-refractivity contribution in [2.45, 2.75) is 31.6 Å². The molecule has 1 amide bonds. The maximum Gasteiger partial charge on any atom is 0.226 e. The van der Waals surface area contributed by atoms with Gasteiger partial charge in [0.15, 0.2) is 0 Å². The van der Waals surface area contributed by atoms with Gasteiger partial charge in [-0.1, -0.05) is 36.4 Å². The fraction of sp³-hybridized carbons (Fsp3) is 0.308. The highest BCUT2D eigenvalue weighted by molar-refractivity contribution is 5.78. The van der Waals surface area contributed by atoms with Crippen LogP contribution in [0.4, 0.5) is 4.39 Å². The van der Waals surface area contributed by atoms with E-state index < -0.39 is 0 Å². The number of likely N-dealkylation sites (tertiary alicyclic amines) is 1. The van der Waals surface area contributed by atoms with Crippen LogP contribution in [0.1, 0.15) is 41.3 Å². The quantitative estimate of drug-likeness (QED) is 0.579. The van der Waals surface area contributed by atoms with Crippen molar-refractivity contribution < 1.29 is 13.9 Å². The summed E-state index contributed by atoms with van der Waals surface area (Å²) in [6.45, 7) is 1.45. The molecule has 1 aliphatic heterocycles. The second-order valence-electron chi connectivity index (χ2n) is 8.00. The SMILES string of the molecule is COc1ccccc1Cc1cccc(C2CCN(C(=O)Cc3ccc(F)cc3)CC2)n1. The first kappa shape index (κ1) is 21.0. The average Bonchev–Trinajstić information content (AvgIpc) is 2.81. The van der Waals surface area contributed by atoms with Crippen molar-refractivity contribution in [3.63, 3.8) is 0 Å². The van der Waals surface area contributed by atoms with Gasteiger partial charge in [0.1, 0.15) is 11.6 Å². The number of hydrogen-bond acceptors (Lipinski definition) is 3. The van der Waals surface area contributed by atoms with Gasteiger partial charge in [0.25, 0.3) is 0 Å². The lowest BCUT2D eigenvalue weighted by Gasteiger charge is -2.32. The molecule has 1 saturated heterocycles. The Hall–Kier alpha value is -3.21. The van der Waals surface area contributed by atoms with Gasteiger partial charge in [-0.2, -0.15) is 0 Å². The molecule has 160 valence electrons. The lowest BCUT2D eigenvalue weighted by molar-refractivity contribution is -0.131. The highest BCUT2D eigenvalue weighted by Crippen LogP contribution is 2.28. The van der Waals surface area contributed by atoms with Crippen molar-refractivity contribution in [3.8, 4) is 5.75 Å². The first-order valence-electron chi connectivity index (χ1n) is 10.7. The van der Waals surface area contributed by atoms with E-state index in [0.717, 1.165) is 60.6 Å². The van der Waals surface area contributed by atoms with Gasteiger partial charge in [-0.05, 0) is 48.7 Å². The van der Waals surface area contributed by atoms with Crippen LogP contribution in [0.3, 0.4) is 0 Å². The van der Waals surface area contributed by atoms with Crippen LogP contribution in [0.5, 0.6) is 5.75 Å². The zero-order valence-electron chi connectivity index (χ0n) is 17.8. The van der Waals surface area contributed by atoms with E-state index in [1.807, 2.05) is 23.1 Å². The third-order valence-corrected chi connectivity index (χ3v) is 5.93. The zero-order valence-corrected chi connectivity index (χ0v) is 17.8. The second kappa shape index (κ2) is 9.73. The van der Waals surface area contributed by atoms with E-state index in [9.17, 15) is 9.18 Å². The Morgan fingerprint density at radius 2 is 1.77 bits per heavy atom. The fourth-order valence-electron chi connectivity index (χ4n) is 4.18. The number of piperidine rings is 1. The van der Waals surface area contributed by atoms with Crippen molar-refractivity contribution in [3.05, 3.63) is 95.1 Å². The first-order valence-corrected chi connectivity index (χ1v) is 10.7. The zero-order chi connectivity index (χ0) is 21.6. The molecule has 0 unspecified atom stereocenters. The molecule has 2 heterocycles. The summed E-state index contributed by atoms with van der Waals surface area (Å²) >= 11 is 0. The Kier molecular flexibility index (Phi) is 6.60. The van der Waals surface area contributed by atoms with E-state index in [1.165, 1.54) is 12.1 Å². The number of hydrogen-bond donors (Lipinski definition) is 0. The van der Waals surface area contributed by atoms with E-state index in [4.69, 9.17) is 9.72 Å². The summed E-state index contributed by atoms with van der Waals surface area (Å²) in [7, 11) is 1.69. The molecule has 0 aliphatic carbocycles. The molecule has 0 N–H and O–H groups in total. The minimum Gasteiger partial charge on any atom is -0.496 e. The molecule has 0 spiro atoms. The predicted octanol–water partition coefficient (Wildman–Crippen LogP) is 4.77. The number of amides is 1. The second-order valence-corrected chi connectivity index (χ2v) is 8.00. The number of aromatic nitrogens is 1. The number of carbonyl (C=O) groups is 1. The van der Waals surface area contributed by atoms with Gasteiger partial charge in [-0.15, -0.1) is 0 Å². The maximum atomic E-state index is 13.1. The lowest BCUT2D eigenvalue weighted by Crippen LogP contribution is -2.38. The smallest absolute Gasteiger partial charge is 0.226 e. The molecule has 1 aliphatic rings. The Bertz CT molecular complexity index is 1030. The standard InChI is InChI=1S/C26H27FN2O2/c1-31-25-8-3-2-5-21(25)18-23-6-4-7-24(28-23)20-13-15-29(16-14-20)26(30)17-19-9-11-22(27)12-10-19/h2-12,20H,13-18H2,1H3. The summed E-state index contributed by atoms with van der Waals surface area (Å²) in [5.74, 6) is 1.05. The number of halogens is 1. The van der Waals surface area contributed by atoms with Crippen LogP contribution in [0.15, 0.2) is 66.7 Å². The molecule has 4 rings (SSSR count). The van der Waals surface area contributed by atoms with Crippen molar-refractivity contribution in [1.29, 1.82) is 0 Å². The summed E-state index contributed by atoms with van der Waals surface area (Å²) in [4.78, 5) is 19.5. The molecular formula is C26H27FN2O2. The normalized spacial score (nSPS) is 14.5. The highest BCUT2D eigenvalue weighted by atomic mass is 19.1. The number of para-hydroxylation sites is 1. The number of ether oxygens (including phenoxy) is 1. The molecule has 0 atom stereocenters. The molecule has 1 aromatic heterocycles. The minimum absolute atomic E-state index is 0.0999. The highest BCUT2D eigenvalue weighted by Gasteiger charge is 2.24. The molecule has 1 fully saturated rings. The lowest BCUT2D eigenvalue weighted by atomic mass is 9.92.